The average Bonchev–Trinajstić information content (AvgIpc) is 3.97. The van der Waals surface area contributed by atoms with E-state index in [1.807, 2.05) is 53.4 Å². The predicted octanol–water partition coefficient (Wildman–Crippen LogP) is 8.35. The molecule has 2 amide bonds. The van der Waals surface area contributed by atoms with Crippen LogP contribution in [0.15, 0.2) is 66.2 Å². The van der Waals surface area contributed by atoms with Gasteiger partial charge < -0.3 is 24.8 Å². The Morgan fingerprint density at radius 3 is 2.27 bits per heavy atom. The van der Waals surface area contributed by atoms with Gasteiger partial charge in [0.15, 0.2) is 23.0 Å². The van der Waals surface area contributed by atoms with E-state index in [2.05, 4.69) is 5.32 Å². The molecule has 2 atom stereocenters. The molecular formula is C40H44Cl4F3N3O5. The third kappa shape index (κ3) is 9.68. The SMILES string of the molecule is CC(C)(OC(=O)N1C2CNCC1C(C(=O)N(Cc1ccccc1CCO)C1CC1)=C(c1ccc(CCCOc3c(F)ccc(F)c3F)cc1)C2)C(Cl)(Cl)Cl.Cl. The molecule has 55 heavy (non-hydrogen) atoms. The van der Waals surface area contributed by atoms with E-state index < -0.39 is 44.7 Å². The standard InChI is InChI=1S/C40H43Cl3F3N3O5.ClH/c1-39(2,40(41,42)43)54-38(52)49-29-20-30(26-11-9-24(10-12-26)6-5-19-53-36-32(45)16-15-31(44)35(36)46)34(33(49)22-47-21-29)37(51)48(28-13-14-28)23-27-8-4-3-7-25(27)17-18-50;/h3-4,7-12,15-16,28-29,33,47,50H,5-6,13-14,17-23H2,1-2H3;1H. The maximum atomic E-state index is 15.0. The number of carbonyl (C=O) groups excluding carboxylic acids is 2. The number of benzene rings is 3. The van der Waals surface area contributed by atoms with Crippen LogP contribution in [0.1, 0.15) is 61.8 Å². The number of aliphatic hydroxyl groups is 1. The summed E-state index contributed by atoms with van der Waals surface area (Å²) >= 11 is 18.6. The fourth-order valence-corrected chi connectivity index (χ4v) is 7.19. The molecule has 8 nitrogen and oxygen atoms in total. The van der Waals surface area contributed by atoms with Crippen molar-refractivity contribution in [1.82, 2.24) is 15.1 Å². The summed E-state index contributed by atoms with van der Waals surface area (Å²) in [6, 6.07) is 16.0. The third-order valence-corrected chi connectivity index (χ3v) is 11.6. The van der Waals surface area contributed by atoms with Gasteiger partial charge >= 0.3 is 6.09 Å². The number of rotatable bonds is 13. The minimum Gasteiger partial charge on any atom is -0.488 e. The average molecular weight is 846 g/mol. The molecule has 1 saturated carbocycles. The molecule has 15 heteroatoms. The zero-order valence-electron chi connectivity index (χ0n) is 30.4. The van der Waals surface area contributed by atoms with Crippen LogP contribution in [-0.4, -0.2) is 80.7 Å². The molecule has 0 aromatic heterocycles. The molecule has 3 aromatic carbocycles. The lowest BCUT2D eigenvalue weighted by Crippen LogP contribution is -2.64. The lowest BCUT2D eigenvalue weighted by molar-refractivity contribution is -0.129. The second-order valence-electron chi connectivity index (χ2n) is 14.4. The summed E-state index contributed by atoms with van der Waals surface area (Å²) in [5.41, 5.74) is 3.49. The Morgan fingerprint density at radius 1 is 0.945 bits per heavy atom. The van der Waals surface area contributed by atoms with Gasteiger partial charge in [-0.2, -0.15) is 4.39 Å². The van der Waals surface area contributed by atoms with Crippen molar-refractivity contribution in [3.05, 3.63) is 106 Å². The number of nitrogens with one attached hydrogen (secondary N) is 1. The van der Waals surface area contributed by atoms with E-state index in [9.17, 15) is 23.1 Å². The summed E-state index contributed by atoms with van der Waals surface area (Å²) in [7, 11) is 0. The van der Waals surface area contributed by atoms with Crippen LogP contribution < -0.4 is 10.1 Å². The highest BCUT2D eigenvalue weighted by Crippen LogP contribution is 2.43. The highest BCUT2D eigenvalue weighted by atomic mass is 35.6. The molecule has 2 heterocycles. The van der Waals surface area contributed by atoms with Crippen molar-refractivity contribution >= 4 is 64.8 Å². The molecule has 1 aliphatic carbocycles. The van der Waals surface area contributed by atoms with Crippen molar-refractivity contribution in [2.75, 3.05) is 26.3 Å². The summed E-state index contributed by atoms with van der Waals surface area (Å²) in [6.45, 7) is 4.09. The number of piperazine rings is 1. The highest BCUT2D eigenvalue weighted by Gasteiger charge is 2.50. The first-order valence-electron chi connectivity index (χ1n) is 18.1. The summed E-state index contributed by atoms with van der Waals surface area (Å²) < 4.78 is 50.8. The number of carbonyl (C=O) groups is 2. The van der Waals surface area contributed by atoms with E-state index in [0.717, 1.165) is 46.7 Å². The summed E-state index contributed by atoms with van der Waals surface area (Å²) in [4.78, 5) is 32.5. The molecule has 2 bridgehead atoms. The fourth-order valence-electron chi connectivity index (χ4n) is 7.08. The first-order valence-corrected chi connectivity index (χ1v) is 19.2. The van der Waals surface area contributed by atoms with Crippen LogP contribution in [-0.2, 0) is 28.9 Å². The molecule has 6 rings (SSSR count). The molecule has 2 aliphatic heterocycles. The van der Waals surface area contributed by atoms with Crippen LogP contribution in [0.5, 0.6) is 5.75 Å². The Hall–Kier alpha value is -3.19. The third-order valence-electron chi connectivity index (χ3n) is 10.3. The molecule has 3 aromatic rings. The molecule has 3 aliphatic rings. The Labute approximate surface area is 340 Å². The van der Waals surface area contributed by atoms with Gasteiger partial charge in [-0.3, -0.25) is 9.69 Å². The number of halogens is 7. The predicted molar refractivity (Wildman–Crippen MR) is 209 cm³/mol. The van der Waals surface area contributed by atoms with Crippen molar-refractivity contribution < 1.29 is 37.3 Å². The van der Waals surface area contributed by atoms with Crippen LogP contribution in [0.4, 0.5) is 18.0 Å². The van der Waals surface area contributed by atoms with E-state index in [1.165, 1.54) is 13.8 Å². The van der Waals surface area contributed by atoms with Crippen LogP contribution >= 0.6 is 47.2 Å². The van der Waals surface area contributed by atoms with Gasteiger partial charge in [0.05, 0.1) is 18.7 Å². The Bertz CT molecular complexity index is 1890. The Kier molecular flexibility index (Phi) is 14.0. The van der Waals surface area contributed by atoms with Gasteiger partial charge in [-0.15, -0.1) is 12.4 Å². The van der Waals surface area contributed by atoms with Crippen LogP contribution in [0, 0.1) is 17.5 Å². The molecule has 0 radical (unpaired) electrons. The molecule has 298 valence electrons. The number of aliphatic hydroxyl groups excluding tert-OH is 1. The van der Waals surface area contributed by atoms with Gasteiger partial charge in [0, 0.05) is 37.9 Å². The van der Waals surface area contributed by atoms with E-state index in [0.29, 0.717) is 57.0 Å². The number of nitrogens with zero attached hydrogens (tertiary/aromatic N) is 2. The smallest absolute Gasteiger partial charge is 0.411 e. The summed E-state index contributed by atoms with van der Waals surface area (Å²) in [5.74, 6) is -4.44. The molecule has 2 unspecified atom stereocenters. The minimum atomic E-state index is -1.91. The second-order valence-corrected chi connectivity index (χ2v) is 16.7. The number of amides is 2. The van der Waals surface area contributed by atoms with Crippen molar-refractivity contribution in [1.29, 1.82) is 0 Å². The van der Waals surface area contributed by atoms with Gasteiger partial charge in [-0.1, -0.05) is 83.3 Å². The summed E-state index contributed by atoms with van der Waals surface area (Å²) in [6.07, 6.45) is 2.75. The van der Waals surface area contributed by atoms with Crippen LogP contribution in [0.3, 0.4) is 0 Å². The fraction of sp³-hybridized carbons (Fsp3) is 0.450. The maximum absolute atomic E-state index is 15.0. The molecule has 0 spiro atoms. The van der Waals surface area contributed by atoms with E-state index >= 15 is 4.79 Å². The first kappa shape index (κ1) is 42.9. The van der Waals surface area contributed by atoms with Crippen molar-refractivity contribution in [2.45, 2.75) is 86.4 Å². The van der Waals surface area contributed by atoms with E-state index in [4.69, 9.17) is 44.3 Å². The zero-order chi connectivity index (χ0) is 38.8. The van der Waals surface area contributed by atoms with Gasteiger partial charge in [0.2, 0.25) is 9.61 Å². The molecule has 2 N–H and O–H groups in total. The lowest BCUT2D eigenvalue weighted by Gasteiger charge is -2.48. The number of hydrogen-bond acceptors (Lipinski definition) is 6. The number of fused-ring (bicyclic) bond motifs is 2. The highest BCUT2D eigenvalue weighted by molar-refractivity contribution is 6.68. The topological polar surface area (TPSA) is 91.3 Å². The van der Waals surface area contributed by atoms with E-state index in [-0.39, 0.29) is 43.6 Å². The summed E-state index contributed by atoms with van der Waals surface area (Å²) in [5, 5.41) is 13.1. The molecule has 2 fully saturated rings. The Morgan fingerprint density at radius 2 is 1.62 bits per heavy atom. The van der Waals surface area contributed by atoms with E-state index in [1.54, 1.807) is 4.90 Å². The van der Waals surface area contributed by atoms with Crippen LogP contribution in [0.2, 0.25) is 0 Å². The normalized spacial score (nSPS) is 18.5. The first-order chi connectivity index (χ1) is 25.7. The van der Waals surface area contributed by atoms with Gasteiger partial charge in [-0.05, 0) is 92.3 Å². The van der Waals surface area contributed by atoms with Crippen molar-refractivity contribution in [3.8, 4) is 5.75 Å². The number of aryl methyl sites for hydroxylation is 1. The van der Waals surface area contributed by atoms with Gasteiger partial charge in [0.25, 0.3) is 5.91 Å². The van der Waals surface area contributed by atoms with Crippen molar-refractivity contribution in [2.24, 2.45) is 0 Å². The zero-order valence-corrected chi connectivity index (χ0v) is 33.5. The quantitative estimate of drug-likeness (QED) is 0.102. The number of alkyl halides is 3. The molecule has 1 saturated heterocycles. The lowest BCUT2D eigenvalue weighted by atomic mass is 9.81. The maximum Gasteiger partial charge on any atom is 0.411 e. The van der Waals surface area contributed by atoms with Gasteiger partial charge in [0.1, 0.15) is 0 Å². The minimum absolute atomic E-state index is 0. The monoisotopic (exact) mass is 843 g/mol. The second kappa shape index (κ2) is 17.9. The number of ether oxygens (including phenoxy) is 2. The van der Waals surface area contributed by atoms with Crippen molar-refractivity contribution in [3.63, 3.8) is 0 Å². The Balaban J connectivity index is 0.00000580. The number of hydrogen-bond donors (Lipinski definition) is 2. The van der Waals surface area contributed by atoms with Gasteiger partial charge in [-0.25, -0.2) is 13.6 Å². The largest absolute Gasteiger partial charge is 0.488 e. The molecular weight excluding hydrogens is 801 g/mol. The van der Waals surface area contributed by atoms with Crippen LogP contribution in [0.25, 0.3) is 5.57 Å².